The number of likely N-dealkylation sites (N-methyl/N-ethyl adjacent to an activating group) is 1. The van der Waals surface area contributed by atoms with Gasteiger partial charge in [-0.1, -0.05) is 19.3 Å². The molecule has 0 spiro atoms. The lowest BCUT2D eigenvalue weighted by molar-refractivity contribution is -0.0657. The van der Waals surface area contributed by atoms with Crippen LogP contribution in [0.3, 0.4) is 0 Å². The summed E-state index contributed by atoms with van der Waals surface area (Å²) in [6, 6.07) is 0.364. The predicted molar refractivity (Wildman–Crippen MR) is 81.0 cm³/mol. The van der Waals surface area contributed by atoms with Crippen LogP contribution in [0.15, 0.2) is 0 Å². The Morgan fingerprint density at radius 2 is 2.00 bits per heavy atom. The lowest BCUT2D eigenvalue weighted by Crippen LogP contribution is -2.53. The van der Waals surface area contributed by atoms with Gasteiger partial charge in [-0.05, 0) is 33.7 Å². The van der Waals surface area contributed by atoms with Crippen LogP contribution in [-0.2, 0) is 11.2 Å². The summed E-state index contributed by atoms with van der Waals surface area (Å²) in [6.45, 7) is 4.24. The molecule has 1 aliphatic rings. The zero-order chi connectivity index (χ0) is 13.9. The Bertz CT molecular complexity index is 391. The van der Waals surface area contributed by atoms with Crippen LogP contribution in [0.5, 0.6) is 0 Å². The minimum atomic E-state index is 0.000476. The molecule has 4 heteroatoms. The number of rotatable bonds is 5. The third-order valence-corrected chi connectivity index (χ3v) is 5.64. The molecule has 0 bridgehead atoms. The fraction of sp³-hybridized carbons (Fsp3) is 0.800. The van der Waals surface area contributed by atoms with Gasteiger partial charge in [-0.25, -0.2) is 4.98 Å². The van der Waals surface area contributed by atoms with E-state index in [0.29, 0.717) is 6.04 Å². The molecule has 2 rings (SSSR count). The van der Waals surface area contributed by atoms with Crippen LogP contribution in [0, 0.1) is 13.8 Å². The summed E-state index contributed by atoms with van der Waals surface area (Å²) in [5.41, 5.74) is 1.17. The zero-order valence-corrected chi connectivity index (χ0v) is 13.4. The molecular weight excluding hydrogens is 256 g/mol. The maximum absolute atomic E-state index is 5.96. The summed E-state index contributed by atoms with van der Waals surface area (Å²) in [4.78, 5) is 6.01. The highest BCUT2D eigenvalue weighted by atomic mass is 32.1. The van der Waals surface area contributed by atoms with Crippen molar-refractivity contribution in [1.29, 1.82) is 0 Å². The van der Waals surface area contributed by atoms with Crippen molar-refractivity contribution in [3.05, 3.63) is 15.6 Å². The average molecular weight is 282 g/mol. The standard InChI is InChI=1S/C15H26N2OS/c1-11-12(2)19-14(17-11)10-13(16-3)15(18-4)8-6-5-7-9-15/h13,16H,5-10H2,1-4H3. The number of methoxy groups -OCH3 is 1. The van der Waals surface area contributed by atoms with Gasteiger partial charge in [0.2, 0.25) is 0 Å². The second-order valence-corrected chi connectivity index (χ2v) is 6.91. The van der Waals surface area contributed by atoms with Crippen molar-refractivity contribution in [2.24, 2.45) is 0 Å². The summed E-state index contributed by atoms with van der Waals surface area (Å²) in [5, 5.41) is 4.72. The fourth-order valence-electron chi connectivity index (χ4n) is 3.20. The van der Waals surface area contributed by atoms with Gasteiger partial charge in [0.25, 0.3) is 0 Å². The van der Waals surface area contributed by atoms with Gasteiger partial charge in [-0.3, -0.25) is 0 Å². The second-order valence-electron chi connectivity index (χ2n) is 5.62. The van der Waals surface area contributed by atoms with Gasteiger partial charge in [-0.2, -0.15) is 0 Å². The Morgan fingerprint density at radius 1 is 1.32 bits per heavy atom. The van der Waals surface area contributed by atoms with E-state index in [4.69, 9.17) is 4.74 Å². The third kappa shape index (κ3) is 3.18. The van der Waals surface area contributed by atoms with Crippen molar-refractivity contribution in [2.75, 3.05) is 14.2 Å². The first-order valence-corrected chi connectivity index (χ1v) is 8.08. The first-order valence-electron chi connectivity index (χ1n) is 7.26. The minimum Gasteiger partial charge on any atom is -0.377 e. The van der Waals surface area contributed by atoms with Crippen LogP contribution in [-0.4, -0.2) is 30.8 Å². The smallest absolute Gasteiger partial charge is 0.0947 e. The van der Waals surface area contributed by atoms with Gasteiger partial charge < -0.3 is 10.1 Å². The fourth-order valence-corrected chi connectivity index (χ4v) is 4.18. The molecule has 0 aromatic carbocycles. The SMILES string of the molecule is CNC(Cc1nc(C)c(C)s1)C1(OC)CCCCC1. The molecule has 108 valence electrons. The molecule has 1 atom stereocenters. The number of ether oxygens (including phenoxy) is 1. The third-order valence-electron chi connectivity index (χ3n) is 4.54. The second kappa shape index (κ2) is 6.33. The summed E-state index contributed by atoms with van der Waals surface area (Å²) >= 11 is 1.82. The molecule has 0 radical (unpaired) electrons. The topological polar surface area (TPSA) is 34.2 Å². The van der Waals surface area contributed by atoms with Gasteiger partial charge in [0.1, 0.15) is 0 Å². The number of aryl methyl sites for hydroxylation is 2. The molecule has 0 aliphatic heterocycles. The zero-order valence-electron chi connectivity index (χ0n) is 12.6. The largest absolute Gasteiger partial charge is 0.377 e. The van der Waals surface area contributed by atoms with Crippen LogP contribution in [0.1, 0.15) is 47.7 Å². The van der Waals surface area contributed by atoms with E-state index in [1.165, 1.54) is 47.7 Å². The lowest BCUT2D eigenvalue weighted by atomic mass is 9.78. The van der Waals surface area contributed by atoms with E-state index in [1.807, 2.05) is 25.5 Å². The molecule has 3 nitrogen and oxygen atoms in total. The van der Waals surface area contributed by atoms with E-state index in [1.54, 1.807) is 0 Å². The first-order chi connectivity index (χ1) is 9.11. The number of hydrogen-bond acceptors (Lipinski definition) is 4. The highest BCUT2D eigenvalue weighted by Gasteiger charge is 2.39. The number of nitrogens with one attached hydrogen (secondary N) is 1. The van der Waals surface area contributed by atoms with Crippen molar-refractivity contribution in [1.82, 2.24) is 10.3 Å². The molecule has 0 saturated heterocycles. The van der Waals surface area contributed by atoms with E-state index in [9.17, 15) is 0 Å². The van der Waals surface area contributed by atoms with Crippen molar-refractivity contribution in [2.45, 2.75) is 64.0 Å². The molecule has 1 N–H and O–H groups in total. The predicted octanol–water partition coefficient (Wildman–Crippen LogP) is 3.24. The molecule has 1 heterocycles. The van der Waals surface area contributed by atoms with Crippen LogP contribution < -0.4 is 5.32 Å². The molecule has 0 amide bonds. The van der Waals surface area contributed by atoms with E-state index in [0.717, 1.165) is 6.42 Å². The van der Waals surface area contributed by atoms with E-state index in [-0.39, 0.29) is 5.60 Å². The minimum absolute atomic E-state index is 0.000476. The molecule has 1 aromatic rings. The molecule has 1 saturated carbocycles. The first kappa shape index (κ1) is 14.9. The summed E-state index contributed by atoms with van der Waals surface area (Å²) in [7, 11) is 3.92. The highest BCUT2D eigenvalue weighted by Crippen LogP contribution is 2.35. The van der Waals surface area contributed by atoms with Crippen LogP contribution >= 0.6 is 11.3 Å². The van der Waals surface area contributed by atoms with E-state index in [2.05, 4.69) is 24.1 Å². The summed E-state index contributed by atoms with van der Waals surface area (Å²) in [5.74, 6) is 0. The molecule has 1 unspecified atom stereocenters. The van der Waals surface area contributed by atoms with Crippen molar-refractivity contribution >= 4 is 11.3 Å². The van der Waals surface area contributed by atoms with E-state index >= 15 is 0 Å². The van der Waals surface area contributed by atoms with Crippen LogP contribution in [0.2, 0.25) is 0 Å². The Morgan fingerprint density at radius 3 is 2.47 bits per heavy atom. The molecular formula is C15H26N2OS. The van der Waals surface area contributed by atoms with Gasteiger partial charge in [0, 0.05) is 24.4 Å². The van der Waals surface area contributed by atoms with Gasteiger partial charge in [0.05, 0.1) is 16.3 Å². The monoisotopic (exact) mass is 282 g/mol. The quantitative estimate of drug-likeness (QED) is 0.900. The molecule has 1 aromatic heterocycles. The van der Waals surface area contributed by atoms with Crippen LogP contribution in [0.25, 0.3) is 0 Å². The van der Waals surface area contributed by atoms with Gasteiger partial charge in [-0.15, -0.1) is 11.3 Å². The average Bonchev–Trinajstić information content (AvgIpc) is 2.75. The highest BCUT2D eigenvalue weighted by molar-refractivity contribution is 7.11. The Hall–Kier alpha value is -0.450. The van der Waals surface area contributed by atoms with Crippen molar-refractivity contribution in [3.8, 4) is 0 Å². The lowest BCUT2D eigenvalue weighted by Gasteiger charge is -2.42. The Labute approximate surface area is 120 Å². The number of aromatic nitrogens is 1. The molecule has 1 aliphatic carbocycles. The van der Waals surface area contributed by atoms with Crippen molar-refractivity contribution in [3.63, 3.8) is 0 Å². The summed E-state index contributed by atoms with van der Waals surface area (Å²) in [6.07, 6.45) is 7.21. The van der Waals surface area contributed by atoms with Gasteiger partial charge in [0.15, 0.2) is 0 Å². The van der Waals surface area contributed by atoms with Crippen LogP contribution in [0.4, 0.5) is 0 Å². The van der Waals surface area contributed by atoms with Crippen molar-refractivity contribution < 1.29 is 4.74 Å². The maximum Gasteiger partial charge on any atom is 0.0947 e. The number of hydrogen-bond donors (Lipinski definition) is 1. The maximum atomic E-state index is 5.96. The Kier molecular flexibility index (Phi) is 4.98. The normalized spacial score (nSPS) is 20.4. The van der Waals surface area contributed by atoms with E-state index < -0.39 is 0 Å². The number of thiazole rings is 1. The Balaban J connectivity index is 2.13. The molecule has 19 heavy (non-hydrogen) atoms. The number of nitrogens with zero attached hydrogens (tertiary/aromatic N) is 1. The van der Waals surface area contributed by atoms with Gasteiger partial charge >= 0.3 is 0 Å². The molecule has 1 fully saturated rings. The summed E-state index contributed by atoms with van der Waals surface area (Å²) < 4.78 is 5.96.